The smallest absolute Gasteiger partial charge is 0.253 e. The molecule has 3 N–H and O–H groups in total. The molecule has 1 saturated heterocycles. The van der Waals surface area contributed by atoms with Crippen molar-refractivity contribution in [1.82, 2.24) is 10.1 Å². The summed E-state index contributed by atoms with van der Waals surface area (Å²) in [6.45, 7) is 2.17. The molecule has 0 radical (unpaired) electrons. The number of rotatable bonds is 4. The third-order valence-corrected chi connectivity index (χ3v) is 3.58. The van der Waals surface area contributed by atoms with Crippen molar-refractivity contribution in [3.05, 3.63) is 30.2 Å². The van der Waals surface area contributed by atoms with E-state index < -0.39 is 6.10 Å². The molecule has 1 aliphatic rings. The molecule has 124 valence electrons. The Labute approximate surface area is 140 Å². The van der Waals surface area contributed by atoms with Crippen molar-refractivity contribution < 1.29 is 14.1 Å². The molecule has 1 aromatic heterocycles. The first-order chi connectivity index (χ1) is 10.7. The van der Waals surface area contributed by atoms with E-state index in [9.17, 15) is 4.79 Å². The number of nitrogens with zero attached hydrogens (tertiary/aromatic N) is 2. The number of hydrogen-bond acceptors (Lipinski definition) is 6. The Kier molecular flexibility index (Phi) is 5.70. The number of anilines is 1. The van der Waals surface area contributed by atoms with Crippen molar-refractivity contribution in [2.75, 3.05) is 11.9 Å². The van der Waals surface area contributed by atoms with E-state index in [4.69, 9.17) is 15.0 Å². The quantitative estimate of drug-likeness (QED) is 0.882. The maximum absolute atomic E-state index is 12.2. The maximum Gasteiger partial charge on any atom is 0.253 e. The highest BCUT2D eigenvalue weighted by Gasteiger charge is 2.29. The summed E-state index contributed by atoms with van der Waals surface area (Å²) >= 11 is 0. The van der Waals surface area contributed by atoms with Gasteiger partial charge in [0.05, 0.1) is 6.10 Å². The Bertz CT molecular complexity index is 676. The largest absolute Gasteiger partial charge is 0.364 e. The minimum Gasteiger partial charge on any atom is -0.364 e. The van der Waals surface area contributed by atoms with Crippen LogP contribution in [0, 0.1) is 6.92 Å². The minimum absolute atomic E-state index is 0. The van der Waals surface area contributed by atoms with Gasteiger partial charge < -0.3 is 20.3 Å². The molecule has 2 atom stereocenters. The summed E-state index contributed by atoms with van der Waals surface area (Å²) in [6.07, 6.45) is 1.04. The Balaban J connectivity index is 0.00000192. The molecular formula is C15H19ClN4O3. The molecule has 0 unspecified atom stereocenters. The number of benzene rings is 1. The summed E-state index contributed by atoms with van der Waals surface area (Å²) in [6, 6.07) is 7.30. The molecule has 1 fully saturated rings. The van der Waals surface area contributed by atoms with Crippen LogP contribution in [0.4, 0.5) is 5.69 Å². The van der Waals surface area contributed by atoms with Crippen molar-refractivity contribution in [1.29, 1.82) is 0 Å². The highest BCUT2D eigenvalue weighted by Crippen LogP contribution is 2.23. The van der Waals surface area contributed by atoms with E-state index in [1.807, 2.05) is 18.2 Å². The molecule has 2 heterocycles. The Morgan fingerprint density at radius 3 is 2.91 bits per heavy atom. The molecule has 1 aliphatic heterocycles. The number of aromatic nitrogens is 2. The topological polar surface area (TPSA) is 103 Å². The van der Waals surface area contributed by atoms with E-state index in [0.29, 0.717) is 30.4 Å². The van der Waals surface area contributed by atoms with E-state index in [2.05, 4.69) is 15.5 Å². The van der Waals surface area contributed by atoms with Gasteiger partial charge in [-0.15, -0.1) is 12.4 Å². The van der Waals surface area contributed by atoms with E-state index in [-0.39, 0.29) is 24.4 Å². The molecule has 3 rings (SSSR count). The molecule has 23 heavy (non-hydrogen) atoms. The van der Waals surface area contributed by atoms with E-state index in [0.717, 1.165) is 12.0 Å². The van der Waals surface area contributed by atoms with Gasteiger partial charge in [0, 0.05) is 24.7 Å². The molecular weight excluding hydrogens is 320 g/mol. The second-order valence-electron chi connectivity index (χ2n) is 5.27. The minimum atomic E-state index is -0.440. The average molecular weight is 339 g/mol. The normalized spacial score (nSPS) is 20.1. The number of hydrogen-bond donors (Lipinski definition) is 2. The zero-order valence-corrected chi connectivity index (χ0v) is 13.5. The van der Waals surface area contributed by atoms with Crippen LogP contribution in [0.15, 0.2) is 28.8 Å². The molecule has 1 amide bonds. The Morgan fingerprint density at radius 1 is 1.43 bits per heavy atom. The van der Waals surface area contributed by atoms with Crippen LogP contribution >= 0.6 is 12.4 Å². The lowest BCUT2D eigenvalue weighted by molar-refractivity contribution is -0.126. The molecule has 7 nitrogen and oxygen atoms in total. The van der Waals surface area contributed by atoms with Gasteiger partial charge in [0.2, 0.25) is 11.7 Å². The zero-order valence-electron chi connectivity index (χ0n) is 12.7. The number of halogens is 1. The first-order valence-corrected chi connectivity index (χ1v) is 7.23. The highest BCUT2D eigenvalue weighted by atomic mass is 35.5. The van der Waals surface area contributed by atoms with E-state index >= 15 is 0 Å². The van der Waals surface area contributed by atoms with Crippen LogP contribution in [-0.2, 0) is 9.53 Å². The summed E-state index contributed by atoms with van der Waals surface area (Å²) in [5, 5.41) is 6.72. The number of nitrogens with two attached hydrogens (primary N) is 1. The predicted molar refractivity (Wildman–Crippen MR) is 87.3 cm³/mol. The first-order valence-electron chi connectivity index (χ1n) is 7.23. The third-order valence-electron chi connectivity index (χ3n) is 3.58. The lowest BCUT2D eigenvalue weighted by atomic mass is 10.1. The van der Waals surface area contributed by atoms with E-state index in [1.165, 1.54) is 0 Å². The lowest BCUT2D eigenvalue weighted by Crippen LogP contribution is -2.29. The van der Waals surface area contributed by atoms with Gasteiger partial charge in [-0.1, -0.05) is 17.3 Å². The van der Waals surface area contributed by atoms with Crippen LogP contribution in [0.3, 0.4) is 0 Å². The summed E-state index contributed by atoms with van der Waals surface area (Å²) in [7, 11) is 0. The van der Waals surface area contributed by atoms with Crippen LogP contribution in [-0.4, -0.2) is 34.8 Å². The van der Waals surface area contributed by atoms with Gasteiger partial charge in [-0.3, -0.25) is 4.79 Å². The average Bonchev–Trinajstić information content (AvgIpc) is 3.16. The van der Waals surface area contributed by atoms with Gasteiger partial charge in [0.1, 0.15) is 6.10 Å². The fourth-order valence-electron chi connectivity index (χ4n) is 2.45. The van der Waals surface area contributed by atoms with Gasteiger partial charge in [-0.2, -0.15) is 4.98 Å². The van der Waals surface area contributed by atoms with Crippen molar-refractivity contribution in [2.45, 2.75) is 32.0 Å². The number of nitrogens with one attached hydrogen (secondary N) is 1. The van der Waals surface area contributed by atoms with Gasteiger partial charge in [-0.05, 0) is 25.0 Å². The zero-order chi connectivity index (χ0) is 15.5. The SMILES string of the molecule is Cc1nc(-c2cccc(NC(=O)[C@@H]3CC[C@H](CN)O3)c2)no1.Cl. The van der Waals surface area contributed by atoms with Crippen molar-refractivity contribution in [2.24, 2.45) is 5.73 Å². The van der Waals surface area contributed by atoms with Crippen molar-refractivity contribution in [3.8, 4) is 11.4 Å². The second kappa shape index (κ2) is 7.54. The second-order valence-corrected chi connectivity index (χ2v) is 5.27. The van der Waals surface area contributed by atoms with Crippen LogP contribution in [0.5, 0.6) is 0 Å². The fourth-order valence-corrected chi connectivity index (χ4v) is 2.45. The van der Waals surface area contributed by atoms with Crippen LogP contribution in [0.25, 0.3) is 11.4 Å². The number of carbonyl (C=O) groups excluding carboxylic acids is 1. The third kappa shape index (κ3) is 4.07. The molecule has 8 heteroatoms. The van der Waals surface area contributed by atoms with Gasteiger partial charge in [0.15, 0.2) is 0 Å². The summed E-state index contributed by atoms with van der Waals surface area (Å²) in [4.78, 5) is 16.4. The molecule has 0 bridgehead atoms. The van der Waals surface area contributed by atoms with Crippen LogP contribution < -0.4 is 11.1 Å². The molecule has 0 spiro atoms. The molecule has 0 saturated carbocycles. The summed E-state index contributed by atoms with van der Waals surface area (Å²) in [5.74, 6) is 0.836. The monoisotopic (exact) mass is 338 g/mol. The summed E-state index contributed by atoms with van der Waals surface area (Å²) in [5.41, 5.74) is 7.01. The molecule has 0 aliphatic carbocycles. The summed E-state index contributed by atoms with van der Waals surface area (Å²) < 4.78 is 10.6. The first kappa shape index (κ1) is 17.4. The number of carbonyl (C=O) groups is 1. The van der Waals surface area contributed by atoms with Crippen molar-refractivity contribution >= 4 is 24.0 Å². The van der Waals surface area contributed by atoms with E-state index in [1.54, 1.807) is 13.0 Å². The van der Waals surface area contributed by atoms with Gasteiger partial charge in [-0.25, -0.2) is 0 Å². The standard InChI is InChI=1S/C15H18N4O3.ClH/c1-9-17-14(19-22-9)10-3-2-4-11(7-10)18-15(20)13-6-5-12(8-16)21-13;/h2-4,7,12-13H,5-6,8,16H2,1H3,(H,18,20);1H/t12-,13+;/m1./s1. The van der Waals surface area contributed by atoms with Crippen molar-refractivity contribution in [3.63, 3.8) is 0 Å². The Hall–Kier alpha value is -1.96. The number of amides is 1. The predicted octanol–water partition coefficient (Wildman–Crippen LogP) is 1.91. The molecule has 1 aromatic carbocycles. The number of aryl methyl sites for hydroxylation is 1. The highest BCUT2D eigenvalue weighted by molar-refractivity contribution is 5.94. The Morgan fingerprint density at radius 2 is 2.26 bits per heavy atom. The number of ether oxygens (including phenoxy) is 1. The molecule has 2 aromatic rings. The fraction of sp³-hybridized carbons (Fsp3) is 0.400. The maximum atomic E-state index is 12.2. The van der Waals surface area contributed by atoms with Gasteiger partial charge >= 0.3 is 0 Å². The van der Waals surface area contributed by atoms with Gasteiger partial charge in [0.25, 0.3) is 5.91 Å². The van der Waals surface area contributed by atoms with Crippen LogP contribution in [0.2, 0.25) is 0 Å². The van der Waals surface area contributed by atoms with Crippen LogP contribution in [0.1, 0.15) is 18.7 Å². The lowest BCUT2D eigenvalue weighted by Gasteiger charge is -2.13.